The first-order valence-corrected chi connectivity index (χ1v) is 6.97. The molecule has 0 radical (unpaired) electrons. The van der Waals surface area contributed by atoms with Crippen LogP contribution in [0.5, 0.6) is 0 Å². The number of unbranched alkanes of at least 4 members (excludes halogenated alkanes) is 1. The van der Waals surface area contributed by atoms with Gasteiger partial charge < -0.3 is 5.73 Å². The van der Waals surface area contributed by atoms with E-state index >= 15 is 0 Å². The van der Waals surface area contributed by atoms with Gasteiger partial charge in [-0.15, -0.1) is 0 Å². The molecule has 0 unspecified atom stereocenters. The van der Waals surface area contributed by atoms with Crippen molar-refractivity contribution in [1.29, 1.82) is 0 Å². The highest BCUT2D eigenvalue weighted by atomic mass is 16.1. The molecule has 0 aliphatic rings. The average molecular weight is 271 g/mol. The fraction of sp³-hybridized carbons (Fsp3) is 0.375. The molecule has 2 rings (SSSR count). The van der Waals surface area contributed by atoms with E-state index in [1.807, 2.05) is 26.0 Å². The van der Waals surface area contributed by atoms with Crippen LogP contribution in [0.25, 0.3) is 11.3 Å². The van der Waals surface area contributed by atoms with Crippen molar-refractivity contribution in [1.82, 2.24) is 9.78 Å². The predicted octanol–water partition coefficient (Wildman–Crippen LogP) is 3.36. The van der Waals surface area contributed by atoms with Crippen LogP contribution in [0.15, 0.2) is 18.2 Å². The van der Waals surface area contributed by atoms with E-state index in [4.69, 9.17) is 5.73 Å². The Hall–Kier alpha value is -2.10. The summed E-state index contributed by atoms with van der Waals surface area (Å²) < 4.78 is 1.74. The molecule has 0 aliphatic carbocycles. The highest BCUT2D eigenvalue weighted by Crippen LogP contribution is 2.29. The third-order valence-electron chi connectivity index (χ3n) is 3.51. The maximum absolute atomic E-state index is 11.4. The van der Waals surface area contributed by atoms with Gasteiger partial charge in [0.15, 0.2) is 6.29 Å². The number of carbonyl (C=O) groups excluding carboxylic acids is 1. The first-order chi connectivity index (χ1) is 9.58. The van der Waals surface area contributed by atoms with Crippen LogP contribution in [-0.2, 0) is 6.54 Å². The monoisotopic (exact) mass is 271 g/mol. The molecule has 20 heavy (non-hydrogen) atoms. The number of anilines is 1. The molecule has 106 valence electrons. The molecule has 0 amide bonds. The summed E-state index contributed by atoms with van der Waals surface area (Å²) in [6.45, 7) is 6.93. The molecule has 4 nitrogen and oxygen atoms in total. The van der Waals surface area contributed by atoms with E-state index in [2.05, 4.69) is 18.1 Å². The van der Waals surface area contributed by atoms with E-state index < -0.39 is 0 Å². The highest BCUT2D eigenvalue weighted by molar-refractivity contribution is 5.92. The molecule has 0 atom stereocenters. The molecule has 0 aliphatic heterocycles. The van der Waals surface area contributed by atoms with E-state index in [0.717, 1.165) is 36.8 Å². The van der Waals surface area contributed by atoms with Gasteiger partial charge in [0.05, 0.1) is 5.56 Å². The van der Waals surface area contributed by atoms with Crippen LogP contribution in [0.2, 0.25) is 0 Å². The number of aromatic nitrogens is 2. The Kier molecular flexibility index (Phi) is 4.23. The lowest BCUT2D eigenvalue weighted by Crippen LogP contribution is -2.05. The summed E-state index contributed by atoms with van der Waals surface area (Å²) >= 11 is 0. The summed E-state index contributed by atoms with van der Waals surface area (Å²) in [5.41, 5.74) is 10.5. The van der Waals surface area contributed by atoms with Crippen molar-refractivity contribution in [3.8, 4) is 11.3 Å². The van der Waals surface area contributed by atoms with Gasteiger partial charge in [-0.1, -0.05) is 37.1 Å². The maximum Gasteiger partial charge on any atom is 0.156 e. The molecular weight excluding hydrogens is 250 g/mol. The Bertz CT molecular complexity index is 629. The van der Waals surface area contributed by atoms with Gasteiger partial charge in [-0.2, -0.15) is 5.10 Å². The Morgan fingerprint density at radius 3 is 2.70 bits per heavy atom. The normalized spacial score (nSPS) is 10.8. The number of aldehydes is 1. The molecule has 1 aromatic heterocycles. The van der Waals surface area contributed by atoms with Crippen molar-refractivity contribution in [2.24, 2.45) is 0 Å². The summed E-state index contributed by atoms with van der Waals surface area (Å²) in [4.78, 5) is 11.4. The summed E-state index contributed by atoms with van der Waals surface area (Å²) in [5, 5.41) is 4.54. The number of benzene rings is 1. The number of nitrogens with two attached hydrogens (primary N) is 1. The van der Waals surface area contributed by atoms with Crippen molar-refractivity contribution < 1.29 is 4.79 Å². The van der Waals surface area contributed by atoms with Crippen LogP contribution in [0, 0.1) is 13.8 Å². The summed E-state index contributed by atoms with van der Waals surface area (Å²) in [5.74, 6) is 0.462. The number of hydrogen-bond acceptors (Lipinski definition) is 3. The van der Waals surface area contributed by atoms with Gasteiger partial charge in [0.1, 0.15) is 11.5 Å². The average Bonchev–Trinajstić information content (AvgIpc) is 2.72. The second kappa shape index (κ2) is 5.90. The number of hydrogen-bond donors (Lipinski definition) is 1. The summed E-state index contributed by atoms with van der Waals surface area (Å²) in [6.07, 6.45) is 2.87. The number of carbonyl (C=O) groups is 1. The zero-order chi connectivity index (χ0) is 14.7. The van der Waals surface area contributed by atoms with Crippen molar-refractivity contribution in [3.05, 3.63) is 34.9 Å². The minimum Gasteiger partial charge on any atom is -0.383 e. The number of nitrogens with zero attached hydrogens (tertiary/aromatic N) is 2. The number of rotatable bonds is 5. The first-order valence-electron chi connectivity index (χ1n) is 6.97. The van der Waals surface area contributed by atoms with Crippen molar-refractivity contribution >= 4 is 12.1 Å². The zero-order valence-electron chi connectivity index (χ0n) is 12.3. The van der Waals surface area contributed by atoms with Crippen LogP contribution in [-0.4, -0.2) is 16.1 Å². The minimum atomic E-state index is 0.462. The summed E-state index contributed by atoms with van der Waals surface area (Å²) in [6, 6.07) is 6.12. The Labute approximate surface area is 119 Å². The fourth-order valence-corrected chi connectivity index (χ4v) is 2.36. The molecule has 0 saturated carbocycles. The zero-order valence-corrected chi connectivity index (χ0v) is 12.3. The minimum absolute atomic E-state index is 0.462. The topological polar surface area (TPSA) is 60.9 Å². The highest BCUT2D eigenvalue weighted by Gasteiger charge is 2.17. The van der Waals surface area contributed by atoms with Crippen LogP contribution >= 0.6 is 0 Å². The Morgan fingerprint density at radius 1 is 1.35 bits per heavy atom. The lowest BCUT2D eigenvalue weighted by atomic mass is 10.0. The second-order valence-corrected chi connectivity index (χ2v) is 5.16. The largest absolute Gasteiger partial charge is 0.383 e. The van der Waals surface area contributed by atoms with Gasteiger partial charge in [-0.3, -0.25) is 4.79 Å². The molecule has 0 spiro atoms. The van der Waals surface area contributed by atoms with Crippen LogP contribution in [0.3, 0.4) is 0 Å². The third kappa shape index (κ3) is 2.59. The standard InChI is InChI=1S/C16H21N3O/c1-4-5-8-19-16(17)14(10-20)15(18-19)13-7-6-11(2)9-12(13)3/h6-7,9-10H,4-5,8,17H2,1-3H3. The lowest BCUT2D eigenvalue weighted by Gasteiger charge is -2.04. The van der Waals surface area contributed by atoms with Gasteiger partial charge in [-0.25, -0.2) is 4.68 Å². The van der Waals surface area contributed by atoms with Crippen molar-refractivity contribution in [3.63, 3.8) is 0 Å². The van der Waals surface area contributed by atoms with E-state index in [-0.39, 0.29) is 0 Å². The number of nitrogen functional groups attached to an aromatic ring is 1. The maximum atomic E-state index is 11.4. The van der Waals surface area contributed by atoms with E-state index in [0.29, 0.717) is 17.1 Å². The molecule has 1 heterocycles. The van der Waals surface area contributed by atoms with E-state index in [9.17, 15) is 4.79 Å². The Balaban J connectivity index is 2.52. The summed E-state index contributed by atoms with van der Waals surface area (Å²) in [7, 11) is 0. The van der Waals surface area contributed by atoms with Crippen molar-refractivity contribution in [2.75, 3.05) is 5.73 Å². The fourth-order valence-electron chi connectivity index (χ4n) is 2.36. The van der Waals surface area contributed by atoms with Gasteiger partial charge in [0.25, 0.3) is 0 Å². The number of aryl methyl sites for hydroxylation is 3. The van der Waals surface area contributed by atoms with Crippen LogP contribution < -0.4 is 5.73 Å². The third-order valence-corrected chi connectivity index (χ3v) is 3.51. The molecule has 2 N–H and O–H groups in total. The SMILES string of the molecule is CCCCn1nc(-c2ccc(C)cc2C)c(C=O)c1N. The van der Waals surface area contributed by atoms with Crippen LogP contribution in [0.1, 0.15) is 41.3 Å². The smallest absolute Gasteiger partial charge is 0.156 e. The van der Waals surface area contributed by atoms with Gasteiger partial charge >= 0.3 is 0 Å². The molecule has 2 aromatic rings. The van der Waals surface area contributed by atoms with Gasteiger partial charge in [-0.05, 0) is 25.8 Å². The van der Waals surface area contributed by atoms with Crippen LogP contribution in [0.4, 0.5) is 5.82 Å². The van der Waals surface area contributed by atoms with E-state index in [1.54, 1.807) is 4.68 Å². The Morgan fingerprint density at radius 2 is 2.10 bits per heavy atom. The quantitative estimate of drug-likeness (QED) is 0.848. The van der Waals surface area contributed by atoms with Gasteiger partial charge in [0, 0.05) is 12.1 Å². The molecule has 4 heteroatoms. The molecule has 0 saturated heterocycles. The second-order valence-electron chi connectivity index (χ2n) is 5.16. The molecule has 0 bridgehead atoms. The van der Waals surface area contributed by atoms with Crippen molar-refractivity contribution in [2.45, 2.75) is 40.2 Å². The van der Waals surface area contributed by atoms with Gasteiger partial charge in [0.2, 0.25) is 0 Å². The molecular formula is C16H21N3O. The molecule has 1 aromatic carbocycles. The lowest BCUT2D eigenvalue weighted by molar-refractivity contribution is 0.112. The first kappa shape index (κ1) is 14.3. The predicted molar refractivity (Wildman–Crippen MR) is 81.8 cm³/mol. The van der Waals surface area contributed by atoms with E-state index in [1.165, 1.54) is 5.56 Å². The molecule has 0 fully saturated rings.